The van der Waals surface area contributed by atoms with Crippen molar-refractivity contribution in [3.8, 4) is 11.5 Å². The maximum atomic E-state index is 10.9. The third kappa shape index (κ3) is 3.12. The van der Waals surface area contributed by atoms with Crippen LogP contribution in [0.3, 0.4) is 0 Å². The second-order valence-corrected chi connectivity index (χ2v) is 5.48. The number of nitro groups is 1. The van der Waals surface area contributed by atoms with E-state index < -0.39 is 4.92 Å². The fraction of sp³-hybridized carbons (Fsp3) is 0.267. The predicted molar refractivity (Wildman–Crippen MR) is 76.1 cm³/mol. The van der Waals surface area contributed by atoms with Crippen molar-refractivity contribution >= 4 is 5.69 Å². The monoisotopic (exact) mass is 272 g/mol. The van der Waals surface area contributed by atoms with Gasteiger partial charge in [0, 0.05) is 12.3 Å². The van der Waals surface area contributed by atoms with Crippen LogP contribution in [-0.4, -0.2) is 9.91 Å². The van der Waals surface area contributed by atoms with Crippen LogP contribution in [0.2, 0.25) is 0 Å². The van der Waals surface area contributed by atoms with E-state index >= 15 is 0 Å². The summed E-state index contributed by atoms with van der Waals surface area (Å²) in [5.41, 5.74) is 1.09. The van der Waals surface area contributed by atoms with Gasteiger partial charge in [0.25, 0.3) is 0 Å². The molecule has 20 heavy (non-hydrogen) atoms. The molecule has 2 rings (SSSR count). The van der Waals surface area contributed by atoms with Gasteiger partial charge in [-0.2, -0.15) is 0 Å². The zero-order chi connectivity index (χ0) is 14.8. The minimum absolute atomic E-state index is 0.0567. The van der Waals surface area contributed by atoms with Crippen LogP contribution in [0.25, 0.3) is 0 Å². The van der Waals surface area contributed by atoms with E-state index in [9.17, 15) is 10.1 Å². The molecule has 0 bridgehead atoms. The normalized spacial score (nSPS) is 11.2. The summed E-state index contributed by atoms with van der Waals surface area (Å²) in [5, 5.41) is 10.9. The third-order valence-electron chi connectivity index (χ3n) is 2.91. The Bertz CT molecular complexity index is 616. The zero-order valence-corrected chi connectivity index (χ0v) is 11.7. The van der Waals surface area contributed by atoms with Gasteiger partial charge in [0.15, 0.2) is 0 Å². The highest BCUT2D eigenvalue weighted by molar-refractivity contribution is 5.46. The molecule has 0 aliphatic carbocycles. The van der Waals surface area contributed by atoms with E-state index in [1.165, 1.54) is 24.0 Å². The number of benzene rings is 1. The molecule has 0 unspecified atom stereocenters. The van der Waals surface area contributed by atoms with Crippen LogP contribution in [0, 0.1) is 10.1 Å². The number of hydrogen-bond acceptors (Lipinski definition) is 4. The van der Waals surface area contributed by atoms with Crippen LogP contribution in [0.1, 0.15) is 26.3 Å². The van der Waals surface area contributed by atoms with Gasteiger partial charge < -0.3 is 4.74 Å². The Morgan fingerprint density at radius 2 is 1.80 bits per heavy atom. The lowest BCUT2D eigenvalue weighted by molar-refractivity contribution is -0.386. The van der Waals surface area contributed by atoms with Gasteiger partial charge in [0.2, 0.25) is 5.75 Å². The van der Waals surface area contributed by atoms with E-state index in [0.717, 1.165) is 0 Å². The lowest BCUT2D eigenvalue weighted by atomic mass is 9.87. The second-order valence-electron chi connectivity index (χ2n) is 5.48. The molecule has 0 amide bonds. The first-order chi connectivity index (χ1) is 9.38. The summed E-state index contributed by atoms with van der Waals surface area (Å²) in [7, 11) is 0. The van der Waals surface area contributed by atoms with Gasteiger partial charge in [0.05, 0.1) is 4.92 Å². The standard InChI is InChI=1S/C15H16N2O3/c1-15(2,3)11-4-6-12(7-5-11)20-14-8-9-16-10-13(14)17(18)19/h4-10H,1-3H3. The zero-order valence-electron chi connectivity index (χ0n) is 11.7. The average Bonchev–Trinajstić information content (AvgIpc) is 2.38. The number of rotatable bonds is 3. The maximum absolute atomic E-state index is 10.9. The van der Waals surface area contributed by atoms with Crippen LogP contribution >= 0.6 is 0 Å². The molecule has 0 N–H and O–H groups in total. The van der Waals surface area contributed by atoms with Gasteiger partial charge in [-0.1, -0.05) is 32.9 Å². The van der Waals surface area contributed by atoms with Gasteiger partial charge in [-0.25, -0.2) is 0 Å². The molecular weight excluding hydrogens is 256 g/mol. The highest BCUT2D eigenvalue weighted by Crippen LogP contribution is 2.31. The van der Waals surface area contributed by atoms with E-state index in [0.29, 0.717) is 5.75 Å². The van der Waals surface area contributed by atoms with Crippen LogP contribution in [-0.2, 0) is 5.41 Å². The van der Waals surface area contributed by atoms with Crippen molar-refractivity contribution < 1.29 is 9.66 Å². The number of pyridine rings is 1. The Morgan fingerprint density at radius 3 is 2.35 bits per heavy atom. The number of hydrogen-bond donors (Lipinski definition) is 0. The van der Waals surface area contributed by atoms with Crippen LogP contribution in [0.15, 0.2) is 42.7 Å². The fourth-order valence-electron chi connectivity index (χ4n) is 1.75. The number of nitrogens with zero attached hydrogens (tertiary/aromatic N) is 2. The molecule has 0 fully saturated rings. The van der Waals surface area contributed by atoms with Crippen molar-refractivity contribution in [2.75, 3.05) is 0 Å². The van der Waals surface area contributed by atoms with Crippen LogP contribution in [0.4, 0.5) is 5.69 Å². The molecule has 0 atom stereocenters. The quantitative estimate of drug-likeness (QED) is 0.623. The highest BCUT2D eigenvalue weighted by atomic mass is 16.6. The van der Waals surface area contributed by atoms with Crippen LogP contribution in [0.5, 0.6) is 11.5 Å². The molecular formula is C15H16N2O3. The molecule has 2 aromatic rings. The smallest absolute Gasteiger partial charge is 0.329 e. The van der Waals surface area contributed by atoms with E-state index in [4.69, 9.17) is 4.74 Å². The SMILES string of the molecule is CC(C)(C)c1ccc(Oc2ccncc2[N+](=O)[O-])cc1. The Hall–Kier alpha value is -2.43. The van der Waals surface area contributed by atoms with Gasteiger partial charge in [-0.05, 0) is 23.1 Å². The predicted octanol–water partition coefficient (Wildman–Crippen LogP) is 4.08. The Labute approximate surface area is 117 Å². The summed E-state index contributed by atoms with van der Waals surface area (Å²) in [4.78, 5) is 14.1. The second kappa shape index (κ2) is 5.28. The molecule has 5 nitrogen and oxygen atoms in total. The average molecular weight is 272 g/mol. The first-order valence-corrected chi connectivity index (χ1v) is 6.25. The van der Waals surface area contributed by atoms with Gasteiger partial charge >= 0.3 is 5.69 Å². The summed E-state index contributed by atoms with van der Waals surface area (Å²) in [6.07, 6.45) is 2.64. The molecule has 104 valence electrons. The van der Waals surface area contributed by atoms with Crippen molar-refractivity contribution in [1.82, 2.24) is 4.98 Å². The number of ether oxygens (including phenoxy) is 1. The molecule has 0 spiro atoms. The van der Waals surface area contributed by atoms with Crippen molar-refractivity contribution in [2.45, 2.75) is 26.2 Å². The molecule has 0 saturated heterocycles. The minimum atomic E-state index is -0.508. The first-order valence-electron chi connectivity index (χ1n) is 6.25. The molecule has 0 saturated carbocycles. The first kappa shape index (κ1) is 14.0. The van der Waals surface area contributed by atoms with Gasteiger partial charge in [0.1, 0.15) is 11.9 Å². The Morgan fingerprint density at radius 1 is 1.15 bits per heavy atom. The molecule has 0 radical (unpaired) electrons. The molecule has 0 aliphatic heterocycles. The van der Waals surface area contributed by atoms with Crippen molar-refractivity contribution in [3.05, 3.63) is 58.4 Å². The van der Waals surface area contributed by atoms with Gasteiger partial charge in [-0.3, -0.25) is 15.1 Å². The van der Waals surface area contributed by atoms with E-state index in [1.807, 2.05) is 24.3 Å². The molecule has 1 aromatic heterocycles. The fourth-order valence-corrected chi connectivity index (χ4v) is 1.75. The molecule has 0 aliphatic rings. The summed E-state index contributed by atoms with van der Waals surface area (Å²) in [5.74, 6) is 0.751. The topological polar surface area (TPSA) is 65.3 Å². The Kier molecular flexibility index (Phi) is 3.70. The van der Waals surface area contributed by atoms with Gasteiger partial charge in [-0.15, -0.1) is 0 Å². The Balaban J connectivity index is 2.25. The maximum Gasteiger partial charge on any atom is 0.329 e. The summed E-state index contributed by atoms with van der Waals surface area (Å²) >= 11 is 0. The van der Waals surface area contributed by atoms with Crippen molar-refractivity contribution in [1.29, 1.82) is 0 Å². The summed E-state index contributed by atoms with van der Waals surface area (Å²) in [6.45, 7) is 6.36. The van der Waals surface area contributed by atoms with Crippen molar-refractivity contribution in [3.63, 3.8) is 0 Å². The lowest BCUT2D eigenvalue weighted by Gasteiger charge is -2.19. The largest absolute Gasteiger partial charge is 0.450 e. The van der Waals surface area contributed by atoms with Crippen molar-refractivity contribution in [2.24, 2.45) is 0 Å². The number of aromatic nitrogens is 1. The summed E-state index contributed by atoms with van der Waals surface area (Å²) in [6, 6.07) is 9.02. The van der Waals surface area contributed by atoms with E-state index in [2.05, 4.69) is 25.8 Å². The highest BCUT2D eigenvalue weighted by Gasteiger charge is 2.16. The molecule has 1 aromatic carbocycles. The molecule has 5 heteroatoms. The minimum Gasteiger partial charge on any atom is -0.450 e. The summed E-state index contributed by atoms with van der Waals surface area (Å²) < 4.78 is 5.56. The van der Waals surface area contributed by atoms with Crippen LogP contribution < -0.4 is 4.74 Å². The lowest BCUT2D eigenvalue weighted by Crippen LogP contribution is -2.10. The third-order valence-corrected chi connectivity index (χ3v) is 2.91. The molecule has 1 heterocycles. The van der Waals surface area contributed by atoms with E-state index in [-0.39, 0.29) is 16.9 Å². The van der Waals surface area contributed by atoms with E-state index in [1.54, 1.807) is 0 Å².